The number of hydrogen-bond donors (Lipinski definition) is 2. The first-order valence-electron chi connectivity index (χ1n) is 4.63. The smallest absolute Gasteiger partial charge is 0.223 e. The molecular formula is C9H15NO2. The van der Waals surface area contributed by atoms with Crippen molar-refractivity contribution in [2.45, 2.75) is 25.8 Å². The molecule has 0 radical (unpaired) electrons. The molecule has 0 heterocycles. The molecular weight excluding hydrogens is 154 g/mol. The predicted octanol–water partition coefficient (Wildman–Crippen LogP) is 0.139. The van der Waals surface area contributed by atoms with Gasteiger partial charge >= 0.3 is 0 Å². The third-order valence-electron chi connectivity index (χ3n) is 2.93. The molecule has 2 N–H and O–H groups in total. The van der Waals surface area contributed by atoms with Gasteiger partial charge in [0.15, 0.2) is 0 Å². The minimum atomic E-state index is 0.198. The summed E-state index contributed by atoms with van der Waals surface area (Å²) < 4.78 is 0. The van der Waals surface area contributed by atoms with E-state index in [1.807, 2.05) is 0 Å². The summed E-state index contributed by atoms with van der Waals surface area (Å²) >= 11 is 0. The predicted molar refractivity (Wildman–Crippen MR) is 44.4 cm³/mol. The number of aliphatic hydroxyl groups excluding tert-OH is 1. The second kappa shape index (κ2) is 2.73. The number of amides is 1. The zero-order valence-corrected chi connectivity index (χ0v) is 7.29. The molecule has 0 aromatic carbocycles. The largest absolute Gasteiger partial charge is 0.396 e. The zero-order valence-electron chi connectivity index (χ0n) is 7.29. The fourth-order valence-corrected chi connectivity index (χ4v) is 1.60. The van der Waals surface area contributed by atoms with E-state index in [4.69, 9.17) is 5.11 Å². The summed E-state index contributed by atoms with van der Waals surface area (Å²) in [6.07, 6.45) is 2.01. The van der Waals surface area contributed by atoms with Gasteiger partial charge in [-0.3, -0.25) is 4.79 Å². The number of hydrogen-bond acceptors (Lipinski definition) is 2. The zero-order chi connectivity index (χ0) is 8.72. The monoisotopic (exact) mass is 169 g/mol. The van der Waals surface area contributed by atoms with Gasteiger partial charge in [0.1, 0.15) is 0 Å². The summed E-state index contributed by atoms with van der Waals surface area (Å²) in [5.41, 5.74) is 0. The molecule has 2 saturated carbocycles. The van der Waals surface area contributed by atoms with Crippen LogP contribution in [-0.4, -0.2) is 23.7 Å². The molecule has 2 rings (SSSR count). The van der Waals surface area contributed by atoms with Gasteiger partial charge in [-0.2, -0.15) is 0 Å². The molecule has 0 aliphatic heterocycles. The van der Waals surface area contributed by atoms with Crippen LogP contribution in [-0.2, 0) is 4.79 Å². The van der Waals surface area contributed by atoms with Crippen molar-refractivity contribution in [1.82, 2.24) is 5.32 Å². The van der Waals surface area contributed by atoms with Gasteiger partial charge in [0, 0.05) is 24.5 Å². The maximum Gasteiger partial charge on any atom is 0.223 e. The van der Waals surface area contributed by atoms with E-state index in [-0.39, 0.29) is 24.5 Å². The van der Waals surface area contributed by atoms with Crippen molar-refractivity contribution in [2.75, 3.05) is 6.61 Å². The quantitative estimate of drug-likeness (QED) is 0.631. The number of aliphatic hydroxyl groups is 1. The van der Waals surface area contributed by atoms with Crippen LogP contribution >= 0.6 is 0 Å². The maximum atomic E-state index is 11.3. The van der Waals surface area contributed by atoms with Gasteiger partial charge in [-0.05, 0) is 18.8 Å². The van der Waals surface area contributed by atoms with Gasteiger partial charge in [-0.1, -0.05) is 6.92 Å². The van der Waals surface area contributed by atoms with Crippen molar-refractivity contribution >= 4 is 5.91 Å². The first-order chi connectivity index (χ1) is 5.72. The van der Waals surface area contributed by atoms with Crippen LogP contribution in [0.5, 0.6) is 0 Å². The highest BCUT2D eigenvalue weighted by molar-refractivity contribution is 5.82. The summed E-state index contributed by atoms with van der Waals surface area (Å²) in [7, 11) is 0. The van der Waals surface area contributed by atoms with E-state index in [2.05, 4.69) is 12.2 Å². The summed E-state index contributed by atoms with van der Waals surface area (Å²) in [5, 5.41) is 11.7. The number of carbonyl (C=O) groups excluding carboxylic acids is 1. The van der Waals surface area contributed by atoms with Gasteiger partial charge < -0.3 is 10.4 Å². The van der Waals surface area contributed by atoms with Crippen LogP contribution in [0.25, 0.3) is 0 Å². The van der Waals surface area contributed by atoms with Crippen molar-refractivity contribution in [3.05, 3.63) is 0 Å². The SMILES string of the molecule is CC1CC1C(=O)NC1CC1CO. The Morgan fingerprint density at radius 3 is 2.67 bits per heavy atom. The average molecular weight is 169 g/mol. The van der Waals surface area contributed by atoms with Gasteiger partial charge in [-0.25, -0.2) is 0 Å². The highest BCUT2D eigenvalue weighted by Crippen LogP contribution is 2.39. The van der Waals surface area contributed by atoms with Crippen molar-refractivity contribution < 1.29 is 9.90 Å². The Morgan fingerprint density at radius 2 is 2.25 bits per heavy atom. The summed E-state index contributed by atoms with van der Waals surface area (Å²) in [6.45, 7) is 2.31. The molecule has 2 fully saturated rings. The minimum absolute atomic E-state index is 0.198. The molecule has 2 aliphatic carbocycles. The Morgan fingerprint density at radius 1 is 1.58 bits per heavy atom. The maximum absolute atomic E-state index is 11.3. The molecule has 1 amide bonds. The van der Waals surface area contributed by atoms with E-state index in [0.717, 1.165) is 12.8 Å². The van der Waals surface area contributed by atoms with E-state index in [1.54, 1.807) is 0 Å². The molecule has 0 aromatic rings. The highest BCUT2D eigenvalue weighted by Gasteiger charge is 2.44. The molecule has 68 valence electrons. The van der Waals surface area contributed by atoms with Crippen molar-refractivity contribution in [1.29, 1.82) is 0 Å². The number of nitrogens with one attached hydrogen (secondary N) is 1. The Hall–Kier alpha value is -0.570. The van der Waals surface area contributed by atoms with E-state index in [1.165, 1.54) is 0 Å². The summed E-state index contributed by atoms with van der Waals surface area (Å²) in [5.74, 6) is 1.38. The molecule has 3 nitrogen and oxygen atoms in total. The van der Waals surface area contributed by atoms with Gasteiger partial charge in [-0.15, -0.1) is 0 Å². The Balaban J connectivity index is 1.71. The minimum Gasteiger partial charge on any atom is -0.396 e. The molecule has 0 saturated heterocycles. The molecule has 2 aliphatic rings. The molecule has 12 heavy (non-hydrogen) atoms. The van der Waals surface area contributed by atoms with Gasteiger partial charge in [0.2, 0.25) is 5.91 Å². The number of carbonyl (C=O) groups is 1. The second-order valence-corrected chi connectivity index (χ2v) is 4.11. The lowest BCUT2D eigenvalue weighted by atomic mass is 10.3. The highest BCUT2D eigenvalue weighted by atomic mass is 16.3. The Labute approximate surface area is 72.2 Å². The van der Waals surface area contributed by atoms with E-state index in [0.29, 0.717) is 11.8 Å². The topological polar surface area (TPSA) is 49.3 Å². The van der Waals surface area contributed by atoms with E-state index < -0.39 is 0 Å². The first kappa shape index (κ1) is 8.05. The third kappa shape index (κ3) is 1.46. The third-order valence-corrected chi connectivity index (χ3v) is 2.93. The molecule has 0 bridgehead atoms. The first-order valence-corrected chi connectivity index (χ1v) is 4.63. The lowest BCUT2D eigenvalue weighted by molar-refractivity contribution is -0.122. The molecule has 4 unspecified atom stereocenters. The standard InChI is InChI=1S/C9H15NO2/c1-5-2-7(5)9(12)10-8-3-6(8)4-11/h5-8,11H,2-4H2,1H3,(H,10,12). The Bertz CT molecular complexity index is 205. The second-order valence-electron chi connectivity index (χ2n) is 4.11. The fourth-order valence-electron chi connectivity index (χ4n) is 1.60. The van der Waals surface area contributed by atoms with E-state index >= 15 is 0 Å². The van der Waals surface area contributed by atoms with Crippen LogP contribution in [0.1, 0.15) is 19.8 Å². The lowest BCUT2D eigenvalue weighted by Crippen LogP contribution is -2.29. The van der Waals surface area contributed by atoms with Crippen LogP contribution in [0.3, 0.4) is 0 Å². The summed E-state index contributed by atoms with van der Waals surface area (Å²) in [4.78, 5) is 11.3. The van der Waals surface area contributed by atoms with Crippen LogP contribution in [0.4, 0.5) is 0 Å². The van der Waals surface area contributed by atoms with Crippen molar-refractivity contribution in [3.63, 3.8) is 0 Å². The van der Waals surface area contributed by atoms with Gasteiger partial charge in [0.05, 0.1) is 0 Å². The normalized spacial score (nSPS) is 43.8. The van der Waals surface area contributed by atoms with Crippen LogP contribution in [0, 0.1) is 17.8 Å². The molecule has 3 heteroatoms. The number of rotatable bonds is 3. The average Bonchev–Trinajstić information content (AvgIpc) is 2.88. The molecule has 0 aromatic heterocycles. The lowest BCUT2D eigenvalue weighted by Gasteiger charge is -2.01. The molecule has 4 atom stereocenters. The Kier molecular flexibility index (Phi) is 1.83. The van der Waals surface area contributed by atoms with Crippen LogP contribution < -0.4 is 5.32 Å². The van der Waals surface area contributed by atoms with Crippen LogP contribution in [0.2, 0.25) is 0 Å². The molecule has 0 spiro atoms. The van der Waals surface area contributed by atoms with Gasteiger partial charge in [0.25, 0.3) is 0 Å². The van der Waals surface area contributed by atoms with Crippen molar-refractivity contribution in [3.8, 4) is 0 Å². The summed E-state index contributed by atoms with van der Waals surface area (Å²) in [6, 6.07) is 0.273. The van der Waals surface area contributed by atoms with E-state index in [9.17, 15) is 4.79 Å². The van der Waals surface area contributed by atoms with Crippen molar-refractivity contribution in [2.24, 2.45) is 17.8 Å². The fraction of sp³-hybridized carbons (Fsp3) is 0.889. The van der Waals surface area contributed by atoms with Crippen LogP contribution in [0.15, 0.2) is 0 Å².